The van der Waals surface area contributed by atoms with Gasteiger partial charge < -0.3 is 4.74 Å². The lowest BCUT2D eigenvalue weighted by Gasteiger charge is -2.16. The number of hydrazine groups is 1. The molecule has 0 unspecified atom stereocenters. The molecule has 0 bridgehead atoms. The summed E-state index contributed by atoms with van der Waals surface area (Å²) < 4.78 is 5.58. The van der Waals surface area contributed by atoms with Crippen molar-refractivity contribution in [2.45, 2.75) is 0 Å². The van der Waals surface area contributed by atoms with Crippen LogP contribution in [0, 0.1) is 0 Å². The van der Waals surface area contributed by atoms with Crippen molar-refractivity contribution in [2.75, 3.05) is 12.4 Å². The number of thiocarbonyl (C=S) groups is 1. The Kier molecular flexibility index (Phi) is 4.62. The summed E-state index contributed by atoms with van der Waals surface area (Å²) in [5, 5.41) is 1.65. The van der Waals surface area contributed by atoms with Gasteiger partial charge in [0.1, 0.15) is 5.75 Å². The van der Waals surface area contributed by atoms with E-state index in [2.05, 4.69) is 5.43 Å². The van der Waals surface area contributed by atoms with Gasteiger partial charge in [-0.15, -0.1) is 0 Å². The predicted octanol–water partition coefficient (Wildman–Crippen LogP) is 1.61. The summed E-state index contributed by atoms with van der Waals surface area (Å²) in [6.45, 7) is -0.210. The van der Waals surface area contributed by atoms with Gasteiger partial charge in [-0.25, -0.2) is 5.01 Å². The third-order valence-corrected chi connectivity index (χ3v) is 3.78. The topological polar surface area (TPSA) is 58.6 Å². The monoisotopic (exact) mass is 316 g/mol. The molecule has 0 spiro atoms. The van der Waals surface area contributed by atoms with E-state index in [1.807, 2.05) is 0 Å². The van der Waals surface area contributed by atoms with Crippen LogP contribution in [0.15, 0.2) is 24.3 Å². The summed E-state index contributed by atoms with van der Waals surface area (Å²) >= 11 is 11.9. The van der Waals surface area contributed by atoms with Crippen LogP contribution in [0.25, 0.3) is 0 Å². The zero-order valence-electron chi connectivity index (χ0n) is 9.59. The molecular weight excluding hydrogens is 308 g/mol. The third-order valence-electron chi connectivity index (χ3n) is 2.17. The minimum atomic E-state index is -0.451. The average molecular weight is 317 g/mol. The van der Waals surface area contributed by atoms with E-state index in [4.69, 9.17) is 28.6 Å². The molecular formula is C11H9ClN2O3S2. The standard InChI is InChI=1S/C11H9ClN2O3S2/c12-7-1-3-8(4-2-7)17-5-9(15)13-14-10(16)6-19-11(14)18/h1-4H,5-6H2,(H,13,15). The molecule has 2 amide bonds. The zero-order chi connectivity index (χ0) is 13.8. The van der Waals surface area contributed by atoms with Gasteiger partial charge >= 0.3 is 0 Å². The van der Waals surface area contributed by atoms with Crippen LogP contribution in [0.3, 0.4) is 0 Å². The molecule has 2 rings (SSSR count). The van der Waals surface area contributed by atoms with Gasteiger partial charge in [-0.05, 0) is 24.3 Å². The van der Waals surface area contributed by atoms with Gasteiger partial charge in [0.25, 0.3) is 11.8 Å². The Labute approximate surface area is 124 Å². The van der Waals surface area contributed by atoms with Crippen molar-refractivity contribution in [1.82, 2.24) is 10.4 Å². The van der Waals surface area contributed by atoms with Crippen molar-refractivity contribution in [1.29, 1.82) is 0 Å². The van der Waals surface area contributed by atoms with Crippen molar-refractivity contribution >= 4 is 51.7 Å². The smallest absolute Gasteiger partial charge is 0.276 e. The Hall–Kier alpha value is -1.31. The molecule has 1 fully saturated rings. The summed E-state index contributed by atoms with van der Waals surface area (Å²) in [6, 6.07) is 6.61. The van der Waals surface area contributed by atoms with Gasteiger partial charge in [-0.2, -0.15) is 0 Å². The first kappa shape index (κ1) is 14.1. The molecule has 0 aliphatic carbocycles. The van der Waals surface area contributed by atoms with Gasteiger partial charge in [0.05, 0.1) is 5.75 Å². The number of carbonyl (C=O) groups is 2. The molecule has 19 heavy (non-hydrogen) atoms. The van der Waals surface area contributed by atoms with Gasteiger partial charge in [0, 0.05) is 5.02 Å². The SMILES string of the molecule is O=C(COc1ccc(Cl)cc1)NN1C(=O)CSC1=S. The number of nitrogens with zero attached hydrogens (tertiary/aromatic N) is 1. The van der Waals surface area contributed by atoms with E-state index in [9.17, 15) is 9.59 Å². The van der Waals surface area contributed by atoms with Crippen LogP contribution in [-0.2, 0) is 9.59 Å². The number of hydrogen-bond donors (Lipinski definition) is 1. The molecule has 1 aromatic rings. The first-order chi connectivity index (χ1) is 9.06. The van der Waals surface area contributed by atoms with Crippen LogP contribution >= 0.6 is 35.6 Å². The Morgan fingerprint density at radius 2 is 2.16 bits per heavy atom. The lowest BCUT2D eigenvalue weighted by Crippen LogP contribution is -2.46. The minimum absolute atomic E-state index is 0.210. The molecule has 1 aliphatic heterocycles. The number of halogens is 1. The molecule has 1 aromatic carbocycles. The summed E-state index contributed by atoms with van der Waals surface area (Å²) in [5.41, 5.74) is 2.39. The van der Waals surface area contributed by atoms with Crippen LogP contribution in [0.4, 0.5) is 0 Å². The quantitative estimate of drug-likeness (QED) is 0.855. The fourth-order valence-electron chi connectivity index (χ4n) is 1.30. The summed E-state index contributed by atoms with van der Waals surface area (Å²) in [7, 11) is 0. The number of amides is 2. The second-order valence-corrected chi connectivity index (χ2v) is 5.61. The maximum absolute atomic E-state index is 11.6. The second kappa shape index (κ2) is 6.23. The minimum Gasteiger partial charge on any atom is -0.484 e. The van der Waals surface area contributed by atoms with Gasteiger partial charge in [-0.1, -0.05) is 35.6 Å². The first-order valence-corrected chi connectivity index (χ1v) is 7.01. The highest BCUT2D eigenvalue weighted by molar-refractivity contribution is 8.23. The van der Waals surface area contributed by atoms with Crippen molar-refractivity contribution < 1.29 is 14.3 Å². The molecule has 0 saturated carbocycles. The largest absolute Gasteiger partial charge is 0.484 e. The molecule has 0 radical (unpaired) electrons. The Balaban J connectivity index is 1.83. The van der Waals surface area contributed by atoms with Crippen molar-refractivity contribution in [2.24, 2.45) is 0 Å². The van der Waals surface area contributed by atoms with Gasteiger partial charge in [0.2, 0.25) is 0 Å². The lowest BCUT2D eigenvalue weighted by molar-refractivity contribution is -0.135. The molecule has 1 saturated heterocycles. The molecule has 0 aromatic heterocycles. The number of ether oxygens (including phenoxy) is 1. The highest BCUT2D eigenvalue weighted by Gasteiger charge is 2.28. The number of benzene rings is 1. The van der Waals surface area contributed by atoms with E-state index < -0.39 is 5.91 Å². The normalized spacial score (nSPS) is 14.7. The molecule has 0 atom stereocenters. The van der Waals surface area contributed by atoms with Crippen molar-refractivity contribution in [3.63, 3.8) is 0 Å². The molecule has 5 nitrogen and oxygen atoms in total. The fraction of sp³-hybridized carbons (Fsp3) is 0.182. The molecule has 100 valence electrons. The highest BCUT2D eigenvalue weighted by atomic mass is 35.5. The van der Waals surface area contributed by atoms with Crippen LogP contribution in [-0.4, -0.2) is 33.5 Å². The van der Waals surface area contributed by atoms with E-state index in [0.29, 0.717) is 15.1 Å². The van der Waals surface area contributed by atoms with Crippen molar-refractivity contribution in [3.05, 3.63) is 29.3 Å². The fourth-order valence-corrected chi connectivity index (χ4v) is 2.40. The third kappa shape index (κ3) is 3.82. The number of carbonyl (C=O) groups excluding carboxylic acids is 2. The highest BCUT2D eigenvalue weighted by Crippen LogP contribution is 2.17. The second-order valence-electron chi connectivity index (χ2n) is 3.56. The van der Waals surface area contributed by atoms with Crippen molar-refractivity contribution in [3.8, 4) is 5.75 Å². The molecule has 1 N–H and O–H groups in total. The Bertz CT molecular complexity index is 505. The maximum Gasteiger partial charge on any atom is 0.276 e. The number of hydrogen-bond acceptors (Lipinski definition) is 5. The van der Waals surface area contributed by atoms with E-state index in [1.165, 1.54) is 11.8 Å². The Morgan fingerprint density at radius 3 is 2.74 bits per heavy atom. The van der Waals surface area contributed by atoms with Gasteiger partial charge in [-0.3, -0.25) is 15.0 Å². The lowest BCUT2D eigenvalue weighted by atomic mass is 10.3. The summed E-state index contributed by atoms with van der Waals surface area (Å²) in [6.07, 6.45) is 0. The average Bonchev–Trinajstić information content (AvgIpc) is 2.70. The zero-order valence-corrected chi connectivity index (χ0v) is 12.0. The van der Waals surface area contributed by atoms with E-state index in [0.717, 1.165) is 5.01 Å². The first-order valence-electron chi connectivity index (χ1n) is 5.24. The summed E-state index contributed by atoms with van der Waals surface area (Å²) in [5.74, 6) is 0.0733. The number of nitrogens with one attached hydrogen (secondary N) is 1. The van der Waals surface area contributed by atoms with Gasteiger partial charge in [0.15, 0.2) is 10.9 Å². The number of thioether (sulfide) groups is 1. The van der Waals surface area contributed by atoms with Crippen LogP contribution in [0.1, 0.15) is 0 Å². The van der Waals surface area contributed by atoms with Crippen LogP contribution in [0.5, 0.6) is 5.75 Å². The molecule has 1 aliphatic rings. The van der Waals surface area contributed by atoms with E-state index in [1.54, 1.807) is 24.3 Å². The van der Waals surface area contributed by atoms with Crippen LogP contribution in [0.2, 0.25) is 5.02 Å². The predicted molar refractivity (Wildman–Crippen MR) is 77.0 cm³/mol. The Morgan fingerprint density at radius 1 is 1.47 bits per heavy atom. The summed E-state index contributed by atoms with van der Waals surface area (Å²) in [4.78, 5) is 23.0. The molecule has 1 heterocycles. The molecule has 8 heteroatoms. The number of rotatable bonds is 4. The van der Waals surface area contributed by atoms with E-state index >= 15 is 0 Å². The maximum atomic E-state index is 11.6. The van der Waals surface area contributed by atoms with E-state index in [-0.39, 0.29) is 18.3 Å². The van der Waals surface area contributed by atoms with Crippen LogP contribution < -0.4 is 10.2 Å².